The van der Waals surface area contributed by atoms with Crippen LogP contribution < -0.4 is 0 Å². The second kappa shape index (κ2) is 6.86. The standard InChI is InChI=1S/C16H23NO3/c1-12(11-20-2)14-9-17(10-15(14)16(18)19)8-13-6-4-3-5-7-13/h3-7,12,14-15H,8-11H2,1-2H3,(H,18,19). The monoisotopic (exact) mass is 277 g/mol. The Morgan fingerprint density at radius 1 is 1.40 bits per heavy atom. The molecule has 0 bridgehead atoms. The van der Waals surface area contributed by atoms with E-state index in [1.54, 1.807) is 7.11 Å². The van der Waals surface area contributed by atoms with E-state index in [-0.39, 0.29) is 17.8 Å². The fraction of sp³-hybridized carbons (Fsp3) is 0.562. The van der Waals surface area contributed by atoms with E-state index >= 15 is 0 Å². The topological polar surface area (TPSA) is 49.8 Å². The molecule has 3 unspecified atom stereocenters. The molecule has 20 heavy (non-hydrogen) atoms. The lowest BCUT2D eigenvalue weighted by Crippen LogP contribution is -2.28. The number of ether oxygens (including phenoxy) is 1. The molecule has 0 radical (unpaired) electrons. The highest BCUT2D eigenvalue weighted by Crippen LogP contribution is 2.31. The number of hydrogen-bond acceptors (Lipinski definition) is 3. The van der Waals surface area contributed by atoms with Crippen LogP contribution in [0.25, 0.3) is 0 Å². The van der Waals surface area contributed by atoms with Crippen molar-refractivity contribution in [2.75, 3.05) is 26.8 Å². The summed E-state index contributed by atoms with van der Waals surface area (Å²) in [5.74, 6) is -0.546. The predicted octanol–water partition coefficient (Wildman–Crippen LogP) is 2.10. The smallest absolute Gasteiger partial charge is 0.308 e. The van der Waals surface area contributed by atoms with Gasteiger partial charge in [0.2, 0.25) is 0 Å². The molecule has 0 aromatic heterocycles. The molecule has 1 N–H and O–H groups in total. The third-order valence-electron chi connectivity index (χ3n) is 4.17. The van der Waals surface area contributed by atoms with Gasteiger partial charge in [0.25, 0.3) is 0 Å². The van der Waals surface area contributed by atoms with Crippen LogP contribution in [0.3, 0.4) is 0 Å². The van der Waals surface area contributed by atoms with E-state index in [9.17, 15) is 9.90 Å². The Labute approximate surface area is 120 Å². The van der Waals surface area contributed by atoms with Gasteiger partial charge in [-0.15, -0.1) is 0 Å². The van der Waals surface area contributed by atoms with Crippen LogP contribution in [0.2, 0.25) is 0 Å². The number of carboxylic acids is 1. The highest BCUT2D eigenvalue weighted by molar-refractivity contribution is 5.71. The van der Waals surface area contributed by atoms with E-state index in [0.29, 0.717) is 13.2 Å². The summed E-state index contributed by atoms with van der Waals surface area (Å²) in [6.07, 6.45) is 0. The molecule has 1 aliphatic heterocycles. The van der Waals surface area contributed by atoms with Crippen molar-refractivity contribution in [3.63, 3.8) is 0 Å². The number of hydrogen-bond donors (Lipinski definition) is 1. The Kier molecular flexibility index (Phi) is 5.15. The summed E-state index contributed by atoms with van der Waals surface area (Å²) in [4.78, 5) is 13.7. The zero-order valence-corrected chi connectivity index (χ0v) is 12.2. The molecule has 1 aromatic carbocycles. The first-order valence-electron chi connectivity index (χ1n) is 7.10. The van der Waals surface area contributed by atoms with Gasteiger partial charge in [-0.1, -0.05) is 37.3 Å². The number of nitrogens with zero attached hydrogens (tertiary/aromatic N) is 1. The highest BCUT2D eigenvalue weighted by Gasteiger charge is 2.40. The van der Waals surface area contributed by atoms with Crippen LogP contribution in [-0.2, 0) is 16.1 Å². The number of methoxy groups -OCH3 is 1. The van der Waals surface area contributed by atoms with Crippen LogP contribution in [-0.4, -0.2) is 42.8 Å². The molecule has 1 aromatic rings. The number of benzene rings is 1. The summed E-state index contributed by atoms with van der Waals surface area (Å²) in [7, 11) is 1.67. The Balaban J connectivity index is 2.02. The molecule has 0 aliphatic carbocycles. The maximum atomic E-state index is 11.5. The van der Waals surface area contributed by atoms with E-state index in [1.165, 1.54) is 5.56 Å². The average molecular weight is 277 g/mol. The molecular formula is C16H23NO3. The lowest BCUT2D eigenvalue weighted by Gasteiger charge is -2.22. The lowest BCUT2D eigenvalue weighted by molar-refractivity contribution is -0.143. The van der Waals surface area contributed by atoms with Crippen LogP contribution in [0.5, 0.6) is 0 Å². The second-order valence-electron chi connectivity index (χ2n) is 5.72. The van der Waals surface area contributed by atoms with E-state index in [2.05, 4.69) is 24.0 Å². The lowest BCUT2D eigenvalue weighted by atomic mass is 9.85. The minimum Gasteiger partial charge on any atom is -0.481 e. The number of carbonyl (C=O) groups is 1. The quantitative estimate of drug-likeness (QED) is 0.865. The Morgan fingerprint density at radius 3 is 2.70 bits per heavy atom. The fourth-order valence-electron chi connectivity index (χ4n) is 3.11. The maximum absolute atomic E-state index is 11.5. The van der Waals surface area contributed by atoms with E-state index < -0.39 is 5.97 Å². The Morgan fingerprint density at radius 2 is 2.10 bits per heavy atom. The summed E-state index contributed by atoms with van der Waals surface area (Å²) in [5, 5.41) is 9.42. The van der Waals surface area contributed by atoms with Crippen LogP contribution in [0, 0.1) is 17.8 Å². The van der Waals surface area contributed by atoms with Crippen molar-refractivity contribution >= 4 is 5.97 Å². The van der Waals surface area contributed by atoms with Crippen molar-refractivity contribution < 1.29 is 14.6 Å². The molecule has 1 saturated heterocycles. The number of aliphatic carboxylic acids is 1. The molecule has 1 aliphatic rings. The van der Waals surface area contributed by atoms with Gasteiger partial charge in [0.15, 0.2) is 0 Å². The van der Waals surface area contributed by atoms with Gasteiger partial charge in [0, 0.05) is 33.4 Å². The fourth-order valence-corrected chi connectivity index (χ4v) is 3.11. The summed E-state index contributed by atoms with van der Waals surface area (Å²) in [5.41, 5.74) is 1.23. The first kappa shape index (κ1) is 15.0. The number of rotatable bonds is 6. The average Bonchev–Trinajstić information content (AvgIpc) is 2.84. The van der Waals surface area contributed by atoms with Crippen LogP contribution in [0.1, 0.15) is 12.5 Å². The van der Waals surface area contributed by atoms with Gasteiger partial charge in [-0.25, -0.2) is 0 Å². The molecule has 3 atom stereocenters. The van der Waals surface area contributed by atoms with Crippen molar-refractivity contribution in [1.82, 2.24) is 4.90 Å². The Bertz CT molecular complexity index is 435. The van der Waals surface area contributed by atoms with E-state index in [0.717, 1.165) is 13.1 Å². The number of likely N-dealkylation sites (tertiary alicyclic amines) is 1. The Hall–Kier alpha value is -1.39. The van der Waals surface area contributed by atoms with Crippen LogP contribution in [0.4, 0.5) is 0 Å². The van der Waals surface area contributed by atoms with Gasteiger partial charge < -0.3 is 9.84 Å². The first-order chi connectivity index (χ1) is 9.61. The van der Waals surface area contributed by atoms with Gasteiger partial charge in [-0.2, -0.15) is 0 Å². The van der Waals surface area contributed by atoms with Crippen molar-refractivity contribution in [1.29, 1.82) is 0 Å². The number of carboxylic acid groups (broad SMARTS) is 1. The second-order valence-corrected chi connectivity index (χ2v) is 5.72. The summed E-state index contributed by atoms with van der Waals surface area (Å²) in [6.45, 7) is 4.98. The van der Waals surface area contributed by atoms with Gasteiger partial charge >= 0.3 is 5.97 Å². The maximum Gasteiger partial charge on any atom is 0.308 e. The molecule has 0 spiro atoms. The molecule has 0 saturated carbocycles. The summed E-state index contributed by atoms with van der Waals surface area (Å²) in [6, 6.07) is 10.2. The molecule has 0 amide bonds. The predicted molar refractivity (Wildman–Crippen MR) is 77.4 cm³/mol. The van der Waals surface area contributed by atoms with Crippen molar-refractivity contribution in [3.8, 4) is 0 Å². The largest absolute Gasteiger partial charge is 0.481 e. The van der Waals surface area contributed by atoms with Crippen molar-refractivity contribution in [2.45, 2.75) is 13.5 Å². The van der Waals surface area contributed by atoms with Crippen molar-refractivity contribution in [2.24, 2.45) is 17.8 Å². The molecule has 1 fully saturated rings. The van der Waals surface area contributed by atoms with Crippen LogP contribution in [0.15, 0.2) is 30.3 Å². The molecule has 2 rings (SSSR count). The van der Waals surface area contributed by atoms with Crippen molar-refractivity contribution in [3.05, 3.63) is 35.9 Å². The molecular weight excluding hydrogens is 254 g/mol. The normalized spacial score (nSPS) is 24.7. The highest BCUT2D eigenvalue weighted by atomic mass is 16.5. The minimum absolute atomic E-state index is 0.163. The van der Waals surface area contributed by atoms with Gasteiger partial charge in [0.1, 0.15) is 0 Å². The third-order valence-corrected chi connectivity index (χ3v) is 4.17. The van der Waals surface area contributed by atoms with Gasteiger partial charge in [0.05, 0.1) is 5.92 Å². The zero-order valence-electron chi connectivity index (χ0n) is 12.2. The summed E-state index contributed by atoms with van der Waals surface area (Å²) < 4.78 is 5.19. The molecule has 4 nitrogen and oxygen atoms in total. The van der Waals surface area contributed by atoms with E-state index in [4.69, 9.17) is 4.74 Å². The minimum atomic E-state index is -0.687. The van der Waals surface area contributed by atoms with E-state index in [1.807, 2.05) is 18.2 Å². The SMILES string of the molecule is COCC(C)C1CN(Cc2ccccc2)CC1C(=O)O. The van der Waals surface area contributed by atoms with Gasteiger partial charge in [-0.05, 0) is 17.4 Å². The summed E-state index contributed by atoms with van der Waals surface area (Å²) >= 11 is 0. The third kappa shape index (κ3) is 3.58. The molecule has 4 heteroatoms. The zero-order chi connectivity index (χ0) is 14.5. The first-order valence-corrected chi connectivity index (χ1v) is 7.10. The van der Waals surface area contributed by atoms with Crippen LogP contribution >= 0.6 is 0 Å². The van der Waals surface area contributed by atoms with Gasteiger partial charge in [-0.3, -0.25) is 9.69 Å². The molecule has 1 heterocycles. The molecule has 110 valence electrons.